The Balaban J connectivity index is 1.97. The third-order valence-electron chi connectivity index (χ3n) is 4.13. The molecule has 1 heterocycles. The molecular weight excluding hydrogens is 352 g/mol. The lowest BCUT2D eigenvalue weighted by Gasteiger charge is -2.18. The van der Waals surface area contributed by atoms with Crippen LogP contribution >= 0.6 is 0 Å². The van der Waals surface area contributed by atoms with E-state index in [1.54, 1.807) is 24.3 Å². The fraction of sp³-hybridized carbons (Fsp3) is 0.222. The van der Waals surface area contributed by atoms with Gasteiger partial charge in [-0.25, -0.2) is 17.5 Å². The van der Waals surface area contributed by atoms with Gasteiger partial charge in [-0.05, 0) is 36.8 Å². The number of rotatable bonds is 5. The van der Waals surface area contributed by atoms with E-state index < -0.39 is 15.7 Å². The third kappa shape index (κ3) is 3.47. The minimum Gasteiger partial charge on any atom is -0.363 e. The van der Waals surface area contributed by atoms with Crippen LogP contribution in [0.1, 0.15) is 18.5 Å². The first-order valence-corrected chi connectivity index (χ1v) is 9.51. The highest BCUT2D eigenvalue weighted by Crippen LogP contribution is 2.25. The number of benzene rings is 2. The van der Waals surface area contributed by atoms with E-state index in [-0.39, 0.29) is 10.9 Å². The van der Waals surface area contributed by atoms with Crippen LogP contribution < -0.4 is 11.0 Å². The van der Waals surface area contributed by atoms with Gasteiger partial charge < -0.3 is 10.3 Å². The van der Waals surface area contributed by atoms with E-state index in [9.17, 15) is 13.2 Å². The van der Waals surface area contributed by atoms with Crippen molar-refractivity contribution < 1.29 is 8.42 Å². The van der Waals surface area contributed by atoms with Crippen molar-refractivity contribution in [3.8, 4) is 0 Å². The molecule has 2 aromatic carbocycles. The highest BCUT2D eigenvalue weighted by molar-refractivity contribution is 7.89. The second-order valence-electron chi connectivity index (χ2n) is 6.16. The summed E-state index contributed by atoms with van der Waals surface area (Å²) >= 11 is 0. The Hall–Kier alpha value is -2.71. The Kier molecular flexibility index (Phi) is 4.80. The van der Waals surface area contributed by atoms with E-state index in [0.717, 1.165) is 10.9 Å². The average molecular weight is 372 g/mol. The summed E-state index contributed by atoms with van der Waals surface area (Å²) in [5.41, 5.74) is 1.02. The largest absolute Gasteiger partial charge is 0.363 e. The Morgan fingerprint density at radius 1 is 1.12 bits per heavy atom. The lowest BCUT2D eigenvalue weighted by Crippen LogP contribution is -2.22. The smallest absolute Gasteiger partial charge is 0.347 e. The molecule has 0 spiro atoms. The zero-order valence-electron chi connectivity index (χ0n) is 14.7. The molecule has 2 N–H and O–H groups in total. The molecule has 3 rings (SSSR count). The van der Waals surface area contributed by atoms with E-state index in [1.165, 1.54) is 18.4 Å². The normalized spacial score (nSPS) is 13.1. The molecule has 0 aliphatic rings. The number of hydrogen-bond acceptors (Lipinski definition) is 5. The number of aromatic amines is 1. The molecule has 7 nitrogen and oxygen atoms in total. The minimum atomic E-state index is -3.51. The summed E-state index contributed by atoms with van der Waals surface area (Å²) in [5.74, 6) is 0.456. The lowest BCUT2D eigenvalue weighted by molar-refractivity contribution is 0.520. The molecule has 1 aromatic heterocycles. The van der Waals surface area contributed by atoms with E-state index >= 15 is 0 Å². The van der Waals surface area contributed by atoms with Crippen LogP contribution in [0.15, 0.2) is 58.2 Å². The average Bonchev–Trinajstić information content (AvgIpc) is 2.61. The van der Waals surface area contributed by atoms with Crippen molar-refractivity contribution in [1.82, 2.24) is 14.3 Å². The third-order valence-corrected chi connectivity index (χ3v) is 5.94. The van der Waals surface area contributed by atoms with Crippen molar-refractivity contribution in [2.24, 2.45) is 0 Å². The maximum absolute atomic E-state index is 12.3. The van der Waals surface area contributed by atoms with E-state index in [4.69, 9.17) is 0 Å². The highest BCUT2D eigenvalue weighted by atomic mass is 32.2. The van der Waals surface area contributed by atoms with Gasteiger partial charge in [0.1, 0.15) is 5.82 Å². The van der Waals surface area contributed by atoms with Crippen LogP contribution in [0.5, 0.6) is 0 Å². The summed E-state index contributed by atoms with van der Waals surface area (Å²) in [4.78, 5) is 18.7. The predicted molar refractivity (Wildman–Crippen MR) is 102 cm³/mol. The molecule has 0 fully saturated rings. The predicted octanol–water partition coefficient (Wildman–Crippen LogP) is 2.35. The summed E-state index contributed by atoms with van der Waals surface area (Å²) < 4.78 is 25.8. The van der Waals surface area contributed by atoms with Gasteiger partial charge in [0.15, 0.2) is 0 Å². The SMILES string of the molecule is CC(Nc1nc(=O)[nH]c2ccccc12)c1cccc(S(=O)(=O)N(C)C)c1. The monoisotopic (exact) mass is 372 g/mol. The summed E-state index contributed by atoms with van der Waals surface area (Å²) in [7, 11) is -0.520. The zero-order chi connectivity index (χ0) is 18.9. The van der Waals surface area contributed by atoms with E-state index in [1.807, 2.05) is 31.2 Å². The van der Waals surface area contributed by atoms with Gasteiger partial charge in [-0.15, -0.1) is 0 Å². The maximum atomic E-state index is 12.3. The quantitative estimate of drug-likeness (QED) is 0.717. The van der Waals surface area contributed by atoms with Gasteiger partial charge in [-0.2, -0.15) is 4.98 Å². The number of anilines is 1. The van der Waals surface area contributed by atoms with E-state index in [0.29, 0.717) is 11.3 Å². The molecule has 0 saturated carbocycles. The maximum Gasteiger partial charge on any atom is 0.347 e. The molecular formula is C18H20N4O3S. The number of sulfonamides is 1. The van der Waals surface area contributed by atoms with Gasteiger partial charge in [-0.3, -0.25) is 0 Å². The summed E-state index contributed by atoms with van der Waals surface area (Å²) in [6, 6.07) is 13.8. The van der Waals surface area contributed by atoms with Gasteiger partial charge >= 0.3 is 5.69 Å². The first kappa shape index (κ1) is 18.1. The molecule has 3 aromatic rings. The summed E-state index contributed by atoms with van der Waals surface area (Å²) in [6.45, 7) is 1.89. The molecule has 0 aliphatic heterocycles. The molecule has 26 heavy (non-hydrogen) atoms. The topological polar surface area (TPSA) is 95.2 Å². The van der Waals surface area contributed by atoms with Crippen LogP contribution in [-0.4, -0.2) is 36.8 Å². The van der Waals surface area contributed by atoms with Gasteiger partial charge in [0.2, 0.25) is 10.0 Å². The van der Waals surface area contributed by atoms with Crippen LogP contribution in [-0.2, 0) is 10.0 Å². The Labute approximate surface area is 151 Å². The molecule has 0 aliphatic carbocycles. The molecule has 0 amide bonds. The van der Waals surface area contributed by atoms with Crippen LogP contribution in [0, 0.1) is 0 Å². The van der Waals surface area contributed by atoms with Crippen molar-refractivity contribution in [3.63, 3.8) is 0 Å². The van der Waals surface area contributed by atoms with Crippen LogP contribution in [0.3, 0.4) is 0 Å². The van der Waals surface area contributed by atoms with Crippen molar-refractivity contribution in [1.29, 1.82) is 0 Å². The number of aromatic nitrogens is 2. The number of hydrogen-bond donors (Lipinski definition) is 2. The molecule has 0 saturated heterocycles. The van der Waals surface area contributed by atoms with Crippen LogP contribution in [0.25, 0.3) is 10.9 Å². The molecule has 136 valence electrons. The number of nitrogens with zero attached hydrogens (tertiary/aromatic N) is 2. The molecule has 1 atom stereocenters. The second-order valence-corrected chi connectivity index (χ2v) is 8.31. The van der Waals surface area contributed by atoms with Crippen LogP contribution in [0.4, 0.5) is 5.82 Å². The number of H-pyrrole nitrogens is 1. The molecule has 0 radical (unpaired) electrons. The minimum absolute atomic E-state index is 0.220. The van der Waals surface area contributed by atoms with Gasteiger partial charge in [0, 0.05) is 19.5 Å². The number of fused-ring (bicyclic) bond motifs is 1. The highest BCUT2D eigenvalue weighted by Gasteiger charge is 2.19. The van der Waals surface area contributed by atoms with E-state index in [2.05, 4.69) is 15.3 Å². The first-order valence-electron chi connectivity index (χ1n) is 8.07. The molecule has 1 unspecified atom stereocenters. The lowest BCUT2D eigenvalue weighted by atomic mass is 10.1. The summed E-state index contributed by atoms with van der Waals surface area (Å²) in [6.07, 6.45) is 0. The Bertz CT molecular complexity index is 1110. The number of para-hydroxylation sites is 1. The first-order chi connectivity index (χ1) is 12.3. The Morgan fingerprint density at radius 2 is 1.85 bits per heavy atom. The number of nitrogens with one attached hydrogen (secondary N) is 2. The van der Waals surface area contributed by atoms with Gasteiger partial charge in [0.25, 0.3) is 0 Å². The fourth-order valence-corrected chi connectivity index (χ4v) is 3.61. The van der Waals surface area contributed by atoms with Crippen LogP contribution in [0.2, 0.25) is 0 Å². The second kappa shape index (κ2) is 6.89. The summed E-state index contributed by atoms with van der Waals surface area (Å²) in [5, 5.41) is 4.00. The van der Waals surface area contributed by atoms with Crippen molar-refractivity contribution in [3.05, 3.63) is 64.6 Å². The van der Waals surface area contributed by atoms with Crippen molar-refractivity contribution in [2.45, 2.75) is 17.9 Å². The van der Waals surface area contributed by atoms with Crippen molar-refractivity contribution >= 4 is 26.7 Å². The van der Waals surface area contributed by atoms with Gasteiger partial charge in [0.05, 0.1) is 16.5 Å². The molecule has 8 heteroatoms. The zero-order valence-corrected chi connectivity index (χ0v) is 15.5. The fourth-order valence-electron chi connectivity index (χ4n) is 2.66. The molecule has 0 bridgehead atoms. The van der Waals surface area contributed by atoms with Crippen molar-refractivity contribution in [2.75, 3.05) is 19.4 Å². The standard InChI is InChI=1S/C18H20N4O3S/c1-12(13-7-6-8-14(11-13)26(24,25)22(2)3)19-17-15-9-4-5-10-16(15)20-18(23)21-17/h4-12H,1-3H3,(H2,19,20,21,23). The Morgan fingerprint density at radius 3 is 2.58 bits per heavy atom. The van der Waals surface area contributed by atoms with Gasteiger partial charge in [-0.1, -0.05) is 24.3 Å².